The molecule has 0 unspecified atom stereocenters. The van der Waals surface area contributed by atoms with E-state index in [0.717, 1.165) is 38.7 Å². The van der Waals surface area contributed by atoms with Gasteiger partial charge in [0.1, 0.15) is 0 Å². The zero-order valence-electron chi connectivity index (χ0n) is 14.4. The van der Waals surface area contributed by atoms with Gasteiger partial charge in [-0.1, -0.05) is 19.8 Å². The van der Waals surface area contributed by atoms with Gasteiger partial charge < -0.3 is 20.3 Å². The zero-order chi connectivity index (χ0) is 15.6. The van der Waals surface area contributed by atoms with Gasteiger partial charge in [0.2, 0.25) is 0 Å². The van der Waals surface area contributed by atoms with E-state index in [1.807, 2.05) is 7.05 Å². The van der Waals surface area contributed by atoms with E-state index in [-0.39, 0.29) is 0 Å². The van der Waals surface area contributed by atoms with E-state index in [2.05, 4.69) is 34.5 Å². The zero-order valence-corrected chi connectivity index (χ0v) is 14.4. The summed E-state index contributed by atoms with van der Waals surface area (Å²) >= 11 is 0. The van der Waals surface area contributed by atoms with Gasteiger partial charge in [-0.2, -0.15) is 0 Å². The molecule has 0 aromatic rings. The van der Waals surface area contributed by atoms with Gasteiger partial charge in [-0.25, -0.2) is 0 Å². The average molecular weight is 298 g/mol. The van der Waals surface area contributed by atoms with Gasteiger partial charge in [-0.05, 0) is 31.7 Å². The molecule has 0 aromatic carbocycles. The van der Waals surface area contributed by atoms with Crippen molar-refractivity contribution < 1.29 is 4.74 Å². The van der Waals surface area contributed by atoms with Crippen LogP contribution in [0.25, 0.3) is 0 Å². The first-order chi connectivity index (χ1) is 10.2. The molecule has 0 bridgehead atoms. The summed E-state index contributed by atoms with van der Waals surface area (Å²) in [5.41, 5.74) is 0.493. The van der Waals surface area contributed by atoms with Gasteiger partial charge in [0.05, 0.1) is 6.61 Å². The summed E-state index contributed by atoms with van der Waals surface area (Å²) in [5, 5.41) is 6.91. The predicted molar refractivity (Wildman–Crippen MR) is 89.9 cm³/mol. The van der Waals surface area contributed by atoms with E-state index in [9.17, 15) is 0 Å². The largest absolute Gasteiger partial charge is 0.383 e. The predicted octanol–water partition coefficient (Wildman–Crippen LogP) is 1.70. The van der Waals surface area contributed by atoms with Gasteiger partial charge in [-0.15, -0.1) is 0 Å². The smallest absolute Gasteiger partial charge is 0.191 e. The Kier molecular flexibility index (Phi) is 8.69. The van der Waals surface area contributed by atoms with Crippen LogP contribution in [0.5, 0.6) is 0 Å². The molecule has 0 aromatic heterocycles. The van der Waals surface area contributed by atoms with E-state index in [0.29, 0.717) is 5.41 Å². The van der Waals surface area contributed by atoms with Crippen molar-refractivity contribution in [1.82, 2.24) is 15.5 Å². The molecule has 1 aliphatic carbocycles. The minimum atomic E-state index is 0.493. The van der Waals surface area contributed by atoms with Crippen LogP contribution in [0.1, 0.15) is 39.0 Å². The monoisotopic (exact) mass is 298 g/mol. The Bertz CT molecular complexity index is 301. The highest BCUT2D eigenvalue weighted by atomic mass is 16.5. The van der Waals surface area contributed by atoms with Crippen molar-refractivity contribution in [3.63, 3.8) is 0 Å². The van der Waals surface area contributed by atoms with Crippen molar-refractivity contribution in [1.29, 1.82) is 0 Å². The molecule has 0 saturated heterocycles. The Labute approximate surface area is 130 Å². The van der Waals surface area contributed by atoms with Crippen LogP contribution >= 0.6 is 0 Å². The fraction of sp³-hybridized carbons (Fsp3) is 0.938. The molecule has 0 atom stereocenters. The third-order valence-electron chi connectivity index (χ3n) is 4.73. The summed E-state index contributed by atoms with van der Waals surface area (Å²) < 4.78 is 5.08. The highest BCUT2D eigenvalue weighted by molar-refractivity contribution is 5.79. The average Bonchev–Trinajstić information content (AvgIpc) is 2.98. The van der Waals surface area contributed by atoms with E-state index in [1.165, 1.54) is 32.1 Å². The molecule has 0 amide bonds. The van der Waals surface area contributed by atoms with E-state index in [4.69, 9.17) is 4.74 Å². The van der Waals surface area contributed by atoms with Crippen molar-refractivity contribution in [2.75, 3.05) is 54.0 Å². The Hall–Kier alpha value is -0.810. The van der Waals surface area contributed by atoms with Crippen molar-refractivity contribution in [3.05, 3.63) is 0 Å². The minimum Gasteiger partial charge on any atom is -0.383 e. The molecule has 0 radical (unpaired) electrons. The highest BCUT2D eigenvalue weighted by Gasteiger charge is 2.31. The molecule has 1 rings (SSSR count). The van der Waals surface area contributed by atoms with Crippen LogP contribution in [0.15, 0.2) is 4.99 Å². The summed E-state index contributed by atoms with van der Waals surface area (Å²) in [6.45, 7) is 6.99. The summed E-state index contributed by atoms with van der Waals surface area (Å²) in [4.78, 5) is 6.58. The van der Waals surface area contributed by atoms with Crippen molar-refractivity contribution >= 4 is 5.96 Å². The first-order valence-electron chi connectivity index (χ1n) is 8.28. The molecule has 1 saturated carbocycles. The second kappa shape index (κ2) is 10.0. The summed E-state index contributed by atoms with van der Waals surface area (Å²) in [6.07, 6.45) is 6.73. The fourth-order valence-corrected chi connectivity index (χ4v) is 3.00. The number of guanidine groups is 1. The lowest BCUT2D eigenvalue weighted by Gasteiger charge is -2.28. The maximum absolute atomic E-state index is 5.08. The van der Waals surface area contributed by atoms with Crippen molar-refractivity contribution in [2.24, 2.45) is 10.4 Å². The quantitative estimate of drug-likeness (QED) is 0.502. The number of hydrogen-bond acceptors (Lipinski definition) is 3. The first kappa shape index (κ1) is 18.2. The van der Waals surface area contributed by atoms with Crippen LogP contribution in [0.4, 0.5) is 0 Å². The molecule has 124 valence electrons. The molecular formula is C16H34N4O. The molecule has 0 aliphatic heterocycles. The maximum Gasteiger partial charge on any atom is 0.191 e. The number of aliphatic imine (C=N–C) groups is 1. The van der Waals surface area contributed by atoms with Crippen LogP contribution < -0.4 is 10.6 Å². The topological polar surface area (TPSA) is 48.9 Å². The molecule has 0 spiro atoms. The Morgan fingerprint density at radius 3 is 2.52 bits per heavy atom. The molecule has 1 aliphatic rings. The minimum absolute atomic E-state index is 0.493. The molecule has 0 heterocycles. The summed E-state index contributed by atoms with van der Waals surface area (Å²) in [6, 6.07) is 0. The van der Waals surface area contributed by atoms with Gasteiger partial charge in [0, 0.05) is 40.3 Å². The molecule has 5 heteroatoms. The van der Waals surface area contributed by atoms with E-state index >= 15 is 0 Å². The molecular weight excluding hydrogens is 264 g/mol. The first-order valence-corrected chi connectivity index (χ1v) is 8.28. The molecule has 2 N–H and O–H groups in total. The van der Waals surface area contributed by atoms with Gasteiger partial charge in [0.25, 0.3) is 0 Å². The lowest BCUT2D eigenvalue weighted by Crippen LogP contribution is -2.45. The second-order valence-electron chi connectivity index (χ2n) is 6.21. The lowest BCUT2D eigenvalue weighted by atomic mass is 9.83. The number of nitrogens with one attached hydrogen (secondary N) is 2. The summed E-state index contributed by atoms with van der Waals surface area (Å²) in [5.74, 6) is 0.926. The SMILES string of the molecule is CCC1(CNC(=NC)NCCN(C)CCOC)CCCC1. The van der Waals surface area contributed by atoms with E-state index in [1.54, 1.807) is 7.11 Å². The number of methoxy groups -OCH3 is 1. The van der Waals surface area contributed by atoms with Crippen molar-refractivity contribution in [2.45, 2.75) is 39.0 Å². The van der Waals surface area contributed by atoms with Gasteiger partial charge >= 0.3 is 0 Å². The number of rotatable bonds is 9. The molecule has 5 nitrogen and oxygen atoms in total. The van der Waals surface area contributed by atoms with Crippen molar-refractivity contribution in [3.8, 4) is 0 Å². The number of likely N-dealkylation sites (N-methyl/N-ethyl adjacent to an activating group) is 1. The van der Waals surface area contributed by atoms with E-state index < -0.39 is 0 Å². The molecule has 1 fully saturated rings. The Morgan fingerprint density at radius 1 is 1.24 bits per heavy atom. The number of ether oxygens (including phenoxy) is 1. The van der Waals surface area contributed by atoms with Crippen LogP contribution in [-0.4, -0.2) is 64.9 Å². The Balaban J connectivity index is 2.23. The second-order valence-corrected chi connectivity index (χ2v) is 6.21. The molecule has 21 heavy (non-hydrogen) atoms. The standard InChI is InChI=1S/C16H34N4O/c1-5-16(8-6-7-9-16)14-19-15(17-2)18-10-11-20(3)12-13-21-4/h5-14H2,1-4H3,(H2,17,18,19). The highest BCUT2D eigenvalue weighted by Crippen LogP contribution is 2.40. The fourth-order valence-electron chi connectivity index (χ4n) is 3.00. The van der Waals surface area contributed by atoms with Crippen LogP contribution in [0, 0.1) is 5.41 Å². The summed E-state index contributed by atoms with van der Waals surface area (Å²) in [7, 11) is 5.70. The normalized spacial score (nSPS) is 18.2. The lowest BCUT2D eigenvalue weighted by molar-refractivity contribution is 0.162. The van der Waals surface area contributed by atoms with Crippen LogP contribution in [0.2, 0.25) is 0 Å². The Morgan fingerprint density at radius 2 is 1.95 bits per heavy atom. The maximum atomic E-state index is 5.08. The van der Waals surface area contributed by atoms with Gasteiger partial charge in [0.15, 0.2) is 5.96 Å². The number of nitrogens with zero attached hydrogens (tertiary/aromatic N) is 2. The van der Waals surface area contributed by atoms with Crippen LogP contribution in [-0.2, 0) is 4.74 Å². The third-order valence-corrected chi connectivity index (χ3v) is 4.73. The number of hydrogen-bond donors (Lipinski definition) is 2. The third kappa shape index (κ3) is 6.66. The van der Waals surface area contributed by atoms with Crippen LogP contribution in [0.3, 0.4) is 0 Å². The van der Waals surface area contributed by atoms with Gasteiger partial charge in [-0.3, -0.25) is 4.99 Å².